The second-order valence-corrected chi connectivity index (χ2v) is 3.92. The summed E-state index contributed by atoms with van der Waals surface area (Å²) in [5, 5.41) is 2.30. The molecule has 2 rings (SSSR count). The van der Waals surface area contributed by atoms with Crippen LogP contribution in [0.2, 0.25) is 0 Å². The number of anilines is 1. The Morgan fingerprint density at radius 1 is 1.12 bits per heavy atom. The van der Waals surface area contributed by atoms with Crippen LogP contribution in [-0.2, 0) is 4.74 Å². The Morgan fingerprint density at radius 3 is 2.44 bits per heavy atom. The summed E-state index contributed by atoms with van der Waals surface area (Å²) in [7, 11) is 1.75. The van der Waals surface area contributed by atoms with Gasteiger partial charge in [-0.3, -0.25) is 0 Å². The van der Waals surface area contributed by atoms with Crippen LogP contribution >= 0.6 is 0 Å². The molecule has 0 amide bonds. The summed E-state index contributed by atoms with van der Waals surface area (Å²) >= 11 is 0. The first-order valence-corrected chi connectivity index (χ1v) is 5.57. The fraction of sp³-hybridized carbons (Fsp3) is 0.286. The molecule has 2 aromatic carbocycles. The summed E-state index contributed by atoms with van der Waals surface area (Å²) in [6.45, 7) is 2.12. The molecule has 0 fully saturated rings. The topological polar surface area (TPSA) is 35.2 Å². The van der Waals surface area contributed by atoms with Gasteiger partial charge in [-0.05, 0) is 23.4 Å². The highest BCUT2D eigenvalue weighted by molar-refractivity contribution is 5.95. The van der Waals surface area contributed by atoms with Gasteiger partial charge in [0, 0.05) is 18.2 Å². The molecule has 0 radical (unpaired) electrons. The van der Waals surface area contributed by atoms with Crippen molar-refractivity contribution in [2.45, 2.75) is 19.4 Å². The van der Waals surface area contributed by atoms with Crippen LogP contribution in [0.15, 0.2) is 36.4 Å². The fourth-order valence-electron chi connectivity index (χ4n) is 2.14. The Hall–Kier alpha value is -1.54. The lowest BCUT2D eigenvalue weighted by molar-refractivity contribution is 0.101. The quantitative estimate of drug-likeness (QED) is 0.795. The van der Waals surface area contributed by atoms with E-state index in [2.05, 4.69) is 25.1 Å². The van der Waals surface area contributed by atoms with Gasteiger partial charge in [0.2, 0.25) is 0 Å². The van der Waals surface area contributed by atoms with Crippen LogP contribution in [-0.4, -0.2) is 7.11 Å². The van der Waals surface area contributed by atoms with Gasteiger partial charge in [-0.15, -0.1) is 0 Å². The average Bonchev–Trinajstić information content (AvgIpc) is 2.34. The van der Waals surface area contributed by atoms with Crippen LogP contribution in [0.4, 0.5) is 5.69 Å². The number of hydrogen-bond acceptors (Lipinski definition) is 2. The zero-order chi connectivity index (χ0) is 11.5. The van der Waals surface area contributed by atoms with E-state index in [-0.39, 0.29) is 6.10 Å². The van der Waals surface area contributed by atoms with Crippen LogP contribution in [0.1, 0.15) is 25.0 Å². The molecule has 0 saturated heterocycles. The van der Waals surface area contributed by atoms with Gasteiger partial charge >= 0.3 is 0 Å². The van der Waals surface area contributed by atoms with Crippen LogP contribution in [0.3, 0.4) is 0 Å². The number of nitrogen functional groups attached to an aromatic ring is 1. The molecule has 2 aromatic rings. The van der Waals surface area contributed by atoms with E-state index in [0.29, 0.717) is 0 Å². The third-order valence-electron chi connectivity index (χ3n) is 2.99. The maximum Gasteiger partial charge on any atom is 0.0824 e. The molecule has 2 N–H and O–H groups in total. The minimum atomic E-state index is 0.144. The second kappa shape index (κ2) is 4.54. The van der Waals surface area contributed by atoms with E-state index in [0.717, 1.165) is 17.5 Å². The van der Waals surface area contributed by atoms with Gasteiger partial charge in [-0.1, -0.05) is 37.3 Å². The van der Waals surface area contributed by atoms with Crippen molar-refractivity contribution in [3.8, 4) is 0 Å². The number of nitrogens with two attached hydrogens (primary N) is 1. The predicted octanol–water partition coefficient (Wildman–Crippen LogP) is 3.52. The Labute approximate surface area is 96.0 Å². The van der Waals surface area contributed by atoms with Gasteiger partial charge in [-0.25, -0.2) is 0 Å². The Morgan fingerprint density at radius 2 is 1.81 bits per heavy atom. The predicted molar refractivity (Wildman–Crippen MR) is 68.4 cm³/mol. The van der Waals surface area contributed by atoms with Crippen molar-refractivity contribution in [1.82, 2.24) is 0 Å². The molecular weight excluding hydrogens is 198 g/mol. The molecule has 0 spiro atoms. The van der Waals surface area contributed by atoms with E-state index in [9.17, 15) is 0 Å². The van der Waals surface area contributed by atoms with Crippen LogP contribution < -0.4 is 5.73 Å². The Bertz CT molecular complexity index is 489. The molecule has 84 valence electrons. The lowest BCUT2D eigenvalue weighted by atomic mass is 9.98. The highest BCUT2D eigenvalue weighted by atomic mass is 16.5. The van der Waals surface area contributed by atoms with Crippen molar-refractivity contribution in [2.24, 2.45) is 0 Å². The van der Waals surface area contributed by atoms with Gasteiger partial charge in [0.05, 0.1) is 6.10 Å². The molecule has 0 bridgehead atoms. The lowest BCUT2D eigenvalue weighted by Crippen LogP contribution is -2.01. The van der Waals surface area contributed by atoms with Gasteiger partial charge < -0.3 is 10.5 Å². The molecule has 0 aliphatic heterocycles. The first-order valence-electron chi connectivity index (χ1n) is 5.57. The fourth-order valence-corrected chi connectivity index (χ4v) is 2.14. The standard InChI is InChI=1S/C14H17NO/c1-3-14(16-2)12-8-9-13(15)11-7-5-4-6-10(11)12/h4-9,14H,3,15H2,1-2H3/t14-/m1/s1. The zero-order valence-electron chi connectivity index (χ0n) is 9.73. The van der Waals surface area contributed by atoms with E-state index in [1.807, 2.05) is 18.2 Å². The van der Waals surface area contributed by atoms with Crippen molar-refractivity contribution in [1.29, 1.82) is 0 Å². The SMILES string of the molecule is CC[C@@H](OC)c1ccc(N)c2ccccc12. The number of rotatable bonds is 3. The third-order valence-corrected chi connectivity index (χ3v) is 2.99. The molecular formula is C14H17NO. The third kappa shape index (κ3) is 1.76. The summed E-state index contributed by atoms with van der Waals surface area (Å²) in [5.74, 6) is 0. The van der Waals surface area contributed by atoms with Crippen molar-refractivity contribution in [3.05, 3.63) is 42.0 Å². The molecule has 16 heavy (non-hydrogen) atoms. The summed E-state index contributed by atoms with van der Waals surface area (Å²) in [5.41, 5.74) is 8.01. The normalized spacial score (nSPS) is 12.9. The summed E-state index contributed by atoms with van der Waals surface area (Å²) < 4.78 is 5.49. The monoisotopic (exact) mass is 215 g/mol. The summed E-state index contributed by atoms with van der Waals surface area (Å²) in [4.78, 5) is 0. The van der Waals surface area contributed by atoms with E-state index in [4.69, 9.17) is 10.5 Å². The van der Waals surface area contributed by atoms with E-state index < -0.39 is 0 Å². The lowest BCUT2D eigenvalue weighted by Gasteiger charge is -2.16. The summed E-state index contributed by atoms with van der Waals surface area (Å²) in [6.07, 6.45) is 1.11. The average molecular weight is 215 g/mol. The molecule has 2 heteroatoms. The molecule has 0 aliphatic carbocycles. The first kappa shape index (κ1) is 11.0. The van der Waals surface area contributed by atoms with E-state index in [1.54, 1.807) is 7.11 Å². The van der Waals surface area contributed by atoms with Gasteiger partial charge in [0.15, 0.2) is 0 Å². The van der Waals surface area contributed by atoms with E-state index >= 15 is 0 Å². The molecule has 0 aromatic heterocycles. The number of benzene rings is 2. The van der Waals surface area contributed by atoms with Crippen molar-refractivity contribution >= 4 is 16.5 Å². The number of hydrogen-bond donors (Lipinski definition) is 1. The molecule has 1 atom stereocenters. The molecule has 0 unspecified atom stereocenters. The summed E-state index contributed by atoms with van der Waals surface area (Å²) in [6, 6.07) is 12.2. The minimum absolute atomic E-state index is 0.144. The molecule has 0 heterocycles. The van der Waals surface area contributed by atoms with Crippen molar-refractivity contribution in [3.63, 3.8) is 0 Å². The van der Waals surface area contributed by atoms with Crippen molar-refractivity contribution in [2.75, 3.05) is 12.8 Å². The highest BCUT2D eigenvalue weighted by Gasteiger charge is 2.12. The van der Waals surface area contributed by atoms with Gasteiger partial charge in [-0.2, -0.15) is 0 Å². The largest absolute Gasteiger partial charge is 0.398 e. The second-order valence-electron chi connectivity index (χ2n) is 3.92. The molecule has 0 saturated carbocycles. The van der Waals surface area contributed by atoms with Gasteiger partial charge in [0.25, 0.3) is 0 Å². The van der Waals surface area contributed by atoms with Crippen LogP contribution in [0, 0.1) is 0 Å². The van der Waals surface area contributed by atoms with Gasteiger partial charge in [0.1, 0.15) is 0 Å². The highest BCUT2D eigenvalue weighted by Crippen LogP contribution is 2.31. The number of methoxy groups -OCH3 is 1. The number of ether oxygens (including phenoxy) is 1. The van der Waals surface area contributed by atoms with E-state index in [1.165, 1.54) is 10.9 Å². The minimum Gasteiger partial charge on any atom is -0.398 e. The molecule has 0 aliphatic rings. The van der Waals surface area contributed by atoms with Crippen LogP contribution in [0.25, 0.3) is 10.8 Å². The van der Waals surface area contributed by atoms with Crippen molar-refractivity contribution < 1.29 is 4.74 Å². The Balaban J connectivity index is 2.66. The maximum atomic E-state index is 5.97. The zero-order valence-corrected chi connectivity index (χ0v) is 9.73. The van der Waals surface area contributed by atoms with Crippen LogP contribution in [0.5, 0.6) is 0 Å². The maximum absolute atomic E-state index is 5.97. The number of fused-ring (bicyclic) bond motifs is 1. The molecule has 2 nitrogen and oxygen atoms in total. The Kier molecular flexibility index (Phi) is 3.11. The first-order chi connectivity index (χ1) is 7.77. The smallest absolute Gasteiger partial charge is 0.0824 e.